The fraction of sp³-hybridized carbons (Fsp3) is 1.00. The first kappa shape index (κ1) is 39.9. The van der Waals surface area contributed by atoms with Crippen molar-refractivity contribution in [2.45, 2.75) is 232 Å². The van der Waals surface area contributed by atoms with E-state index in [4.69, 9.17) is 0 Å². The Morgan fingerprint density at radius 1 is 0.325 bits per heavy atom. The molecule has 1 N–H and O–H groups in total. The monoisotopic (exact) mass is 566 g/mol. The van der Waals surface area contributed by atoms with Crippen LogP contribution in [0.3, 0.4) is 0 Å². The van der Waals surface area contributed by atoms with E-state index in [1.54, 1.807) is 0 Å². The average Bonchev–Trinajstić information content (AvgIpc) is 2.95. The molecule has 1 unspecified atom stereocenters. The maximum atomic E-state index is 10.2. The fourth-order valence-electron chi connectivity index (χ4n) is 6.21. The number of hydrogen-bond donors (Lipinski definition) is 1. The van der Waals surface area contributed by atoms with Crippen LogP contribution in [0.2, 0.25) is 0 Å². The summed E-state index contributed by atoms with van der Waals surface area (Å²) in [6.07, 6.45) is 45.1. The van der Waals surface area contributed by atoms with Crippen LogP contribution in [0.5, 0.6) is 0 Å². The van der Waals surface area contributed by atoms with Crippen molar-refractivity contribution in [1.82, 2.24) is 4.90 Å². The van der Waals surface area contributed by atoms with Crippen LogP contribution in [0, 0.1) is 0 Å². The van der Waals surface area contributed by atoms with Crippen LogP contribution in [0.4, 0.5) is 0 Å². The van der Waals surface area contributed by atoms with Gasteiger partial charge in [-0.15, -0.1) is 0 Å². The third-order valence-electron chi connectivity index (χ3n) is 9.13. The third-order valence-corrected chi connectivity index (χ3v) is 9.13. The molecule has 0 saturated heterocycles. The lowest BCUT2D eigenvalue weighted by molar-refractivity contribution is 0.0163. The molecule has 2 heteroatoms. The first-order chi connectivity index (χ1) is 19.7. The van der Waals surface area contributed by atoms with Crippen molar-refractivity contribution in [3.63, 3.8) is 0 Å². The first-order valence-electron chi connectivity index (χ1n) is 19.1. The van der Waals surface area contributed by atoms with E-state index >= 15 is 0 Å². The van der Waals surface area contributed by atoms with E-state index in [-0.39, 0.29) is 6.23 Å². The molecule has 0 saturated carbocycles. The smallest absolute Gasteiger partial charge is 0.104 e. The highest BCUT2D eigenvalue weighted by molar-refractivity contribution is 4.60. The summed E-state index contributed by atoms with van der Waals surface area (Å²) in [5.74, 6) is 0. The van der Waals surface area contributed by atoms with Crippen LogP contribution in [0.1, 0.15) is 226 Å². The summed E-state index contributed by atoms with van der Waals surface area (Å²) in [7, 11) is 0. The maximum Gasteiger partial charge on any atom is 0.104 e. The maximum absolute atomic E-state index is 10.2. The van der Waals surface area contributed by atoms with Crippen LogP contribution < -0.4 is 0 Å². The van der Waals surface area contributed by atoms with Crippen LogP contribution >= 0.6 is 0 Å². The zero-order valence-corrected chi connectivity index (χ0v) is 28.5. The minimum absolute atomic E-state index is 0.285. The number of unbranched alkanes of at least 4 members (excludes halogenated alkanes) is 30. The van der Waals surface area contributed by atoms with Gasteiger partial charge in [0.2, 0.25) is 0 Å². The largest absolute Gasteiger partial charge is 0.379 e. The second-order valence-corrected chi connectivity index (χ2v) is 13.3. The Labute approximate surface area is 255 Å². The summed E-state index contributed by atoms with van der Waals surface area (Å²) < 4.78 is 0. The van der Waals surface area contributed by atoms with Gasteiger partial charge in [-0.2, -0.15) is 0 Å². The Bertz CT molecular complexity index is 401. The summed E-state index contributed by atoms with van der Waals surface area (Å²) in [5.41, 5.74) is 0. The Balaban J connectivity index is 3.37. The zero-order valence-electron chi connectivity index (χ0n) is 28.5. The number of nitrogens with zero attached hydrogens (tertiary/aromatic N) is 1. The van der Waals surface area contributed by atoms with E-state index in [0.29, 0.717) is 0 Å². The molecule has 0 aliphatic heterocycles. The lowest BCUT2D eigenvalue weighted by atomic mass is 10.0. The van der Waals surface area contributed by atoms with Gasteiger partial charge in [-0.3, -0.25) is 4.90 Å². The number of aliphatic hydroxyl groups is 1. The van der Waals surface area contributed by atoms with Gasteiger partial charge in [-0.25, -0.2) is 0 Å². The molecule has 0 aromatic heterocycles. The van der Waals surface area contributed by atoms with Crippen LogP contribution in [0.25, 0.3) is 0 Å². The molecule has 242 valence electrons. The molecule has 2 nitrogen and oxygen atoms in total. The topological polar surface area (TPSA) is 23.5 Å². The van der Waals surface area contributed by atoms with Crippen molar-refractivity contribution in [1.29, 1.82) is 0 Å². The molecule has 40 heavy (non-hydrogen) atoms. The predicted octanol–water partition coefficient (Wildman–Crippen LogP) is 13.1. The third kappa shape index (κ3) is 32.4. The molecular formula is C38H79NO. The minimum atomic E-state index is -0.285. The summed E-state index contributed by atoms with van der Waals surface area (Å²) in [4.78, 5) is 2.31. The molecule has 0 aromatic rings. The van der Waals surface area contributed by atoms with Crippen molar-refractivity contribution in [2.24, 2.45) is 0 Å². The van der Waals surface area contributed by atoms with Crippen LogP contribution in [-0.2, 0) is 0 Å². The van der Waals surface area contributed by atoms with Gasteiger partial charge in [0.25, 0.3) is 0 Å². The van der Waals surface area contributed by atoms with Gasteiger partial charge in [0.05, 0.1) is 0 Å². The highest BCUT2D eigenvalue weighted by atomic mass is 16.3. The Hall–Kier alpha value is -0.0800. The number of rotatable bonds is 35. The molecule has 0 radical (unpaired) electrons. The van der Waals surface area contributed by atoms with Crippen molar-refractivity contribution in [3.8, 4) is 0 Å². The van der Waals surface area contributed by atoms with E-state index in [1.165, 1.54) is 205 Å². The molecular weight excluding hydrogens is 486 g/mol. The van der Waals surface area contributed by atoms with E-state index < -0.39 is 0 Å². The zero-order chi connectivity index (χ0) is 29.2. The molecule has 0 fully saturated rings. The highest BCUT2D eigenvalue weighted by Gasteiger charge is 2.09. The van der Waals surface area contributed by atoms with Crippen molar-refractivity contribution in [3.05, 3.63) is 0 Å². The van der Waals surface area contributed by atoms with Gasteiger partial charge in [0.15, 0.2) is 0 Å². The molecule has 0 spiro atoms. The standard InChI is InChI=1S/C38H79NO/c1-4-6-8-10-12-14-16-18-20-22-24-26-28-30-32-34-36-39(38(3)40)37-35-33-31-29-27-25-23-21-19-17-15-13-11-9-7-5-2/h38,40H,4-37H2,1-3H3. The molecule has 0 aliphatic rings. The SMILES string of the molecule is CCCCCCCCCCCCCCCCCCN(CCCCCCCCCCCCCCCCCC)C(C)O. The molecule has 0 amide bonds. The average molecular weight is 566 g/mol. The van der Waals surface area contributed by atoms with E-state index in [0.717, 1.165) is 13.1 Å². The summed E-state index contributed by atoms with van der Waals surface area (Å²) in [5, 5.41) is 10.2. The molecule has 0 bridgehead atoms. The van der Waals surface area contributed by atoms with Gasteiger partial charge < -0.3 is 5.11 Å². The molecule has 0 aromatic carbocycles. The second-order valence-electron chi connectivity index (χ2n) is 13.3. The van der Waals surface area contributed by atoms with Crippen LogP contribution in [-0.4, -0.2) is 29.3 Å². The van der Waals surface area contributed by atoms with Crippen molar-refractivity contribution >= 4 is 0 Å². The second kappa shape index (κ2) is 35.1. The van der Waals surface area contributed by atoms with Gasteiger partial charge in [-0.1, -0.05) is 206 Å². The Morgan fingerprint density at radius 2 is 0.500 bits per heavy atom. The molecule has 0 rings (SSSR count). The predicted molar refractivity (Wildman–Crippen MR) is 182 cm³/mol. The molecule has 1 atom stereocenters. The van der Waals surface area contributed by atoms with Crippen molar-refractivity contribution < 1.29 is 5.11 Å². The number of aliphatic hydroxyl groups excluding tert-OH is 1. The molecule has 0 heterocycles. The summed E-state index contributed by atoms with van der Waals surface area (Å²) in [6.45, 7) is 8.71. The van der Waals surface area contributed by atoms with Gasteiger partial charge in [0.1, 0.15) is 6.23 Å². The highest BCUT2D eigenvalue weighted by Crippen LogP contribution is 2.16. The van der Waals surface area contributed by atoms with Gasteiger partial charge >= 0.3 is 0 Å². The quantitative estimate of drug-likeness (QED) is 0.0610. The van der Waals surface area contributed by atoms with Gasteiger partial charge in [-0.05, 0) is 19.8 Å². The van der Waals surface area contributed by atoms with Gasteiger partial charge in [0, 0.05) is 13.1 Å². The van der Waals surface area contributed by atoms with E-state index in [9.17, 15) is 5.11 Å². The summed E-state index contributed by atoms with van der Waals surface area (Å²) in [6, 6.07) is 0. The molecule has 0 aliphatic carbocycles. The van der Waals surface area contributed by atoms with E-state index in [1.807, 2.05) is 6.92 Å². The lowest BCUT2D eigenvalue weighted by Crippen LogP contribution is -2.34. The van der Waals surface area contributed by atoms with Crippen molar-refractivity contribution in [2.75, 3.05) is 13.1 Å². The van der Waals surface area contributed by atoms with E-state index in [2.05, 4.69) is 18.7 Å². The normalized spacial score (nSPS) is 12.5. The minimum Gasteiger partial charge on any atom is -0.379 e. The number of hydrogen-bond acceptors (Lipinski definition) is 2. The fourth-order valence-corrected chi connectivity index (χ4v) is 6.21. The summed E-state index contributed by atoms with van der Waals surface area (Å²) >= 11 is 0. The van der Waals surface area contributed by atoms with Crippen LogP contribution in [0.15, 0.2) is 0 Å². The Morgan fingerprint density at radius 3 is 0.675 bits per heavy atom. The lowest BCUT2D eigenvalue weighted by Gasteiger charge is -2.25. The first-order valence-corrected chi connectivity index (χ1v) is 19.1. The Kier molecular flexibility index (Phi) is 35.0.